The Labute approximate surface area is 134 Å². The Bertz CT molecular complexity index is 690. The zero-order valence-corrected chi connectivity index (χ0v) is 14.4. The number of nitrogen functional groups attached to an aromatic ring is 1. The summed E-state index contributed by atoms with van der Waals surface area (Å²) in [4.78, 5) is 2.40. The fraction of sp³-hybridized carbons (Fsp3) is 0.438. The minimum Gasteiger partial charge on any atom is -0.398 e. The third-order valence-corrected chi connectivity index (χ3v) is 5.28. The van der Waals surface area contributed by atoms with E-state index in [1.807, 2.05) is 6.92 Å². The van der Waals surface area contributed by atoms with E-state index in [1.165, 1.54) is 22.5 Å². The normalized spacial score (nSPS) is 13.8. The Morgan fingerprint density at radius 1 is 1.33 bits per heavy atom. The van der Waals surface area contributed by atoms with Crippen LogP contribution in [-0.4, -0.2) is 16.3 Å². The van der Waals surface area contributed by atoms with Crippen LogP contribution in [0.5, 0.6) is 0 Å². The van der Waals surface area contributed by atoms with Crippen LogP contribution in [0.25, 0.3) is 0 Å². The number of aromatic nitrogens is 2. The first-order valence-corrected chi connectivity index (χ1v) is 8.16. The van der Waals surface area contributed by atoms with Crippen molar-refractivity contribution in [2.45, 2.75) is 40.3 Å². The number of aryl methyl sites for hydroxylation is 3. The predicted molar refractivity (Wildman–Crippen MR) is 90.7 cm³/mol. The monoisotopic (exact) mass is 348 g/mol. The third kappa shape index (κ3) is 2.44. The van der Waals surface area contributed by atoms with E-state index in [0.29, 0.717) is 0 Å². The highest BCUT2D eigenvalue weighted by atomic mass is 79.9. The molecule has 0 aliphatic carbocycles. The van der Waals surface area contributed by atoms with Crippen LogP contribution in [-0.2, 0) is 19.5 Å². The van der Waals surface area contributed by atoms with Gasteiger partial charge in [-0.05, 0) is 60.3 Å². The van der Waals surface area contributed by atoms with E-state index in [4.69, 9.17) is 5.73 Å². The van der Waals surface area contributed by atoms with E-state index >= 15 is 0 Å². The lowest BCUT2D eigenvalue weighted by molar-refractivity contribution is 0.608. The SMILES string of the molecule is CCn1nc(C)c(Br)c1CN1CCc2cc(C)c(N)cc21. The summed E-state index contributed by atoms with van der Waals surface area (Å²) in [6.07, 6.45) is 1.09. The van der Waals surface area contributed by atoms with Crippen molar-refractivity contribution in [3.63, 3.8) is 0 Å². The molecule has 2 heterocycles. The number of hydrogen-bond donors (Lipinski definition) is 1. The van der Waals surface area contributed by atoms with Crippen LogP contribution in [0.3, 0.4) is 0 Å². The molecule has 1 aromatic carbocycles. The lowest BCUT2D eigenvalue weighted by Gasteiger charge is -2.21. The number of nitrogens with two attached hydrogens (primary N) is 1. The van der Waals surface area contributed by atoms with Gasteiger partial charge in [-0.2, -0.15) is 5.10 Å². The van der Waals surface area contributed by atoms with Crippen LogP contribution in [0.1, 0.15) is 29.4 Å². The van der Waals surface area contributed by atoms with Gasteiger partial charge in [-0.15, -0.1) is 0 Å². The van der Waals surface area contributed by atoms with Gasteiger partial charge in [0.1, 0.15) is 0 Å². The fourth-order valence-electron chi connectivity index (χ4n) is 3.01. The van der Waals surface area contributed by atoms with Crippen LogP contribution in [0.4, 0.5) is 11.4 Å². The van der Waals surface area contributed by atoms with E-state index in [2.05, 4.69) is 56.6 Å². The molecule has 0 saturated heterocycles. The molecule has 0 fully saturated rings. The maximum Gasteiger partial charge on any atom is 0.0739 e. The summed E-state index contributed by atoms with van der Waals surface area (Å²) in [5.41, 5.74) is 13.1. The minimum absolute atomic E-state index is 0.866. The zero-order chi connectivity index (χ0) is 15.1. The third-order valence-electron chi connectivity index (χ3n) is 4.25. The molecule has 1 aromatic heterocycles. The van der Waals surface area contributed by atoms with Crippen molar-refractivity contribution < 1.29 is 0 Å². The Morgan fingerprint density at radius 3 is 2.81 bits per heavy atom. The lowest BCUT2D eigenvalue weighted by atomic mass is 10.1. The van der Waals surface area contributed by atoms with Gasteiger partial charge in [0.25, 0.3) is 0 Å². The molecule has 0 bridgehead atoms. The standard InChI is InChI=1S/C16H21BrN4/c1-4-21-15(16(17)11(3)19-21)9-20-6-5-12-7-10(2)13(18)8-14(12)20/h7-8H,4-6,9,18H2,1-3H3. The summed E-state index contributed by atoms with van der Waals surface area (Å²) < 4.78 is 3.20. The second-order valence-electron chi connectivity index (χ2n) is 5.67. The summed E-state index contributed by atoms with van der Waals surface area (Å²) in [5, 5.41) is 4.58. The highest BCUT2D eigenvalue weighted by molar-refractivity contribution is 9.10. The van der Waals surface area contributed by atoms with Crippen LogP contribution in [0.15, 0.2) is 16.6 Å². The first-order valence-electron chi connectivity index (χ1n) is 7.37. The van der Waals surface area contributed by atoms with Crippen LogP contribution >= 0.6 is 15.9 Å². The number of anilines is 2. The van der Waals surface area contributed by atoms with Crippen molar-refractivity contribution in [1.29, 1.82) is 0 Å². The maximum absolute atomic E-state index is 6.09. The summed E-state index contributed by atoms with van der Waals surface area (Å²) in [6.45, 7) is 9.03. The highest BCUT2D eigenvalue weighted by Crippen LogP contribution is 2.34. The van der Waals surface area contributed by atoms with Crippen LogP contribution < -0.4 is 10.6 Å². The number of benzene rings is 1. The Balaban J connectivity index is 1.94. The molecule has 2 N–H and O–H groups in total. The van der Waals surface area contributed by atoms with Gasteiger partial charge < -0.3 is 10.6 Å². The van der Waals surface area contributed by atoms with Gasteiger partial charge >= 0.3 is 0 Å². The number of hydrogen-bond acceptors (Lipinski definition) is 3. The first kappa shape index (κ1) is 14.4. The van der Waals surface area contributed by atoms with E-state index in [9.17, 15) is 0 Å². The number of halogens is 1. The van der Waals surface area contributed by atoms with E-state index in [-0.39, 0.29) is 0 Å². The minimum atomic E-state index is 0.866. The molecule has 0 amide bonds. The van der Waals surface area contributed by atoms with Crippen LogP contribution in [0, 0.1) is 13.8 Å². The van der Waals surface area contributed by atoms with Crippen molar-refractivity contribution in [2.24, 2.45) is 0 Å². The molecule has 5 heteroatoms. The summed E-state index contributed by atoms with van der Waals surface area (Å²) in [7, 11) is 0. The van der Waals surface area contributed by atoms with Crippen molar-refractivity contribution >= 4 is 27.3 Å². The molecular weight excluding hydrogens is 328 g/mol. The van der Waals surface area contributed by atoms with Crippen molar-refractivity contribution in [2.75, 3.05) is 17.2 Å². The Kier molecular flexibility index (Phi) is 3.69. The van der Waals surface area contributed by atoms with Gasteiger partial charge in [0.05, 0.1) is 22.4 Å². The van der Waals surface area contributed by atoms with Gasteiger partial charge in [-0.1, -0.05) is 6.07 Å². The maximum atomic E-state index is 6.09. The average Bonchev–Trinajstić information content (AvgIpc) is 2.96. The van der Waals surface area contributed by atoms with Crippen molar-refractivity contribution in [1.82, 2.24) is 9.78 Å². The molecule has 0 atom stereocenters. The zero-order valence-electron chi connectivity index (χ0n) is 12.8. The van der Waals surface area contributed by atoms with E-state index in [0.717, 1.165) is 41.9 Å². The molecule has 2 aromatic rings. The quantitative estimate of drug-likeness (QED) is 0.864. The van der Waals surface area contributed by atoms with Crippen LogP contribution in [0.2, 0.25) is 0 Å². The van der Waals surface area contributed by atoms with Crippen molar-refractivity contribution in [3.05, 3.63) is 39.1 Å². The molecule has 112 valence electrons. The topological polar surface area (TPSA) is 47.1 Å². The van der Waals surface area contributed by atoms with Gasteiger partial charge in [-0.3, -0.25) is 4.68 Å². The lowest BCUT2D eigenvalue weighted by Crippen LogP contribution is -2.22. The summed E-state index contributed by atoms with van der Waals surface area (Å²) >= 11 is 3.68. The Morgan fingerprint density at radius 2 is 2.10 bits per heavy atom. The summed E-state index contributed by atoms with van der Waals surface area (Å²) in [6, 6.07) is 4.34. The van der Waals surface area contributed by atoms with Gasteiger partial charge in [0, 0.05) is 24.5 Å². The van der Waals surface area contributed by atoms with Gasteiger partial charge in [0.2, 0.25) is 0 Å². The molecule has 21 heavy (non-hydrogen) atoms. The highest BCUT2D eigenvalue weighted by Gasteiger charge is 2.23. The second-order valence-corrected chi connectivity index (χ2v) is 6.46. The molecule has 0 radical (unpaired) electrons. The van der Waals surface area contributed by atoms with E-state index < -0.39 is 0 Å². The molecule has 1 aliphatic rings. The molecule has 3 rings (SSSR count). The molecule has 0 spiro atoms. The average molecular weight is 349 g/mol. The number of rotatable bonds is 3. The van der Waals surface area contributed by atoms with E-state index in [1.54, 1.807) is 0 Å². The molecule has 1 aliphatic heterocycles. The first-order chi connectivity index (χ1) is 10.0. The smallest absolute Gasteiger partial charge is 0.0739 e. The van der Waals surface area contributed by atoms with Gasteiger partial charge in [0.15, 0.2) is 0 Å². The van der Waals surface area contributed by atoms with Gasteiger partial charge in [-0.25, -0.2) is 0 Å². The molecule has 0 saturated carbocycles. The fourth-order valence-corrected chi connectivity index (χ4v) is 3.42. The summed E-state index contributed by atoms with van der Waals surface area (Å²) in [5.74, 6) is 0. The molecular formula is C16H21BrN4. The molecule has 0 unspecified atom stereocenters. The largest absolute Gasteiger partial charge is 0.398 e. The molecule has 4 nitrogen and oxygen atoms in total. The number of fused-ring (bicyclic) bond motifs is 1. The van der Waals surface area contributed by atoms with Crippen molar-refractivity contribution in [3.8, 4) is 0 Å². The second kappa shape index (κ2) is 5.37. The predicted octanol–water partition coefficient (Wildman–Crippen LogP) is 3.43. The number of nitrogens with zero attached hydrogens (tertiary/aromatic N) is 3. The Hall–Kier alpha value is -1.49.